The average Bonchev–Trinajstić information content (AvgIpc) is 3.55. The number of alkyl carbamates (subject to hydrolysis) is 1. The number of rotatable bonds is 5. The van der Waals surface area contributed by atoms with Gasteiger partial charge in [0.1, 0.15) is 17.4 Å². The van der Waals surface area contributed by atoms with E-state index < -0.39 is 5.60 Å². The Morgan fingerprint density at radius 1 is 1.13 bits per heavy atom. The van der Waals surface area contributed by atoms with Crippen molar-refractivity contribution in [2.24, 2.45) is 0 Å². The monoisotopic (exact) mass is 513 g/mol. The molecule has 38 heavy (non-hydrogen) atoms. The van der Waals surface area contributed by atoms with Gasteiger partial charge >= 0.3 is 6.09 Å². The molecule has 0 aromatic carbocycles. The fourth-order valence-corrected chi connectivity index (χ4v) is 4.80. The molecule has 1 saturated carbocycles. The lowest BCUT2D eigenvalue weighted by Crippen LogP contribution is -2.41. The van der Waals surface area contributed by atoms with E-state index in [1.165, 1.54) is 0 Å². The summed E-state index contributed by atoms with van der Waals surface area (Å²) in [6.07, 6.45) is 8.42. The second-order valence-corrected chi connectivity index (χ2v) is 10.5. The number of nitrogens with zero attached hydrogens (tertiary/aromatic N) is 7. The van der Waals surface area contributed by atoms with Gasteiger partial charge in [-0.2, -0.15) is 10.4 Å². The SMILES string of the molecule is CNc1cc(-c2ccc3cc(C#N)cnn23)ncc1-c1cn(C2CCC(NC(=O)OC(C)(C)C)CC2)nn1. The Bertz CT molecular complexity index is 1500. The molecule has 0 bridgehead atoms. The highest BCUT2D eigenvalue weighted by Gasteiger charge is 2.26. The summed E-state index contributed by atoms with van der Waals surface area (Å²) >= 11 is 0. The summed E-state index contributed by atoms with van der Waals surface area (Å²) in [5, 5.41) is 28.6. The molecular formula is C27H31N9O2. The smallest absolute Gasteiger partial charge is 0.407 e. The van der Waals surface area contributed by atoms with Crippen LogP contribution in [0.1, 0.15) is 58.1 Å². The highest BCUT2D eigenvalue weighted by atomic mass is 16.6. The first kappa shape index (κ1) is 25.2. The van der Waals surface area contributed by atoms with Gasteiger partial charge in [0.05, 0.1) is 40.9 Å². The first-order valence-electron chi connectivity index (χ1n) is 12.7. The Balaban J connectivity index is 1.29. The van der Waals surface area contributed by atoms with Crippen molar-refractivity contribution in [3.63, 3.8) is 0 Å². The zero-order chi connectivity index (χ0) is 26.9. The zero-order valence-corrected chi connectivity index (χ0v) is 22.0. The maximum absolute atomic E-state index is 12.1. The summed E-state index contributed by atoms with van der Waals surface area (Å²) in [5.41, 5.74) is 4.86. The number of carbonyl (C=O) groups excluding carboxylic acids is 1. The average molecular weight is 514 g/mol. The van der Waals surface area contributed by atoms with Gasteiger partial charge in [-0.25, -0.2) is 14.0 Å². The van der Waals surface area contributed by atoms with E-state index in [1.807, 2.05) is 56.9 Å². The molecule has 1 aliphatic carbocycles. The maximum atomic E-state index is 12.1. The van der Waals surface area contributed by atoms with Crippen LogP contribution in [0.3, 0.4) is 0 Å². The number of carbonyl (C=O) groups is 1. The van der Waals surface area contributed by atoms with Crippen molar-refractivity contribution < 1.29 is 9.53 Å². The van der Waals surface area contributed by atoms with Gasteiger partial charge in [-0.3, -0.25) is 4.98 Å². The molecule has 4 aromatic rings. The minimum Gasteiger partial charge on any atom is -0.444 e. The van der Waals surface area contributed by atoms with Crippen LogP contribution in [0.2, 0.25) is 0 Å². The number of aromatic nitrogens is 6. The van der Waals surface area contributed by atoms with Crippen molar-refractivity contribution >= 4 is 17.3 Å². The molecular weight excluding hydrogens is 482 g/mol. The van der Waals surface area contributed by atoms with E-state index in [1.54, 1.807) is 23.0 Å². The number of anilines is 1. The summed E-state index contributed by atoms with van der Waals surface area (Å²) in [4.78, 5) is 16.8. The van der Waals surface area contributed by atoms with E-state index in [0.717, 1.165) is 59.5 Å². The molecule has 11 heteroatoms. The molecule has 1 amide bonds. The molecule has 0 spiro atoms. The minimum absolute atomic E-state index is 0.0999. The van der Waals surface area contributed by atoms with Crippen molar-refractivity contribution in [1.29, 1.82) is 5.26 Å². The van der Waals surface area contributed by atoms with Crippen LogP contribution in [0.15, 0.2) is 42.9 Å². The summed E-state index contributed by atoms with van der Waals surface area (Å²) in [5.74, 6) is 0. The lowest BCUT2D eigenvalue weighted by molar-refractivity contribution is 0.0487. The fraction of sp³-hybridized carbons (Fsp3) is 0.407. The molecule has 1 aliphatic rings. The number of fused-ring (bicyclic) bond motifs is 1. The Labute approximate surface area is 220 Å². The standard InChI is InChI=1S/C27H31N9O2/c1-27(2,3)38-26(37)32-18-5-7-19(8-6-18)35-16-24(33-34-35)21-15-30-23(12-22(21)29-4)25-10-9-20-11-17(13-28)14-31-36(20)25/h9-12,14-16,18-19H,5-8H2,1-4H3,(H,29,30)(H,32,37). The third-order valence-electron chi connectivity index (χ3n) is 6.64. The molecule has 0 aliphatic heterocycles. The third-order valence-corrected chi connectivity index (χ3v) is 6.64. The molecule has 5 rings (SSSR count). The first-order chi connectivity index (χ1) is 18.2. The largest absolute Gasteiger partial charge is 0.444 e. The summed E-state index contributed by atoms with van der Waals surface area (Å²) in [6.45, 7) is 5.58. The number of pyridine rings is 1. The second-order valence-electron chi connectivity index (χ2n) is 10.5. The summed E-state index contributed by atoms with van der Waals surface area (Å²) in [6, 6.07) is 10.0. The zero-order valence-electron chi connectivity index (χ0n) is 22.0. The fourth-order valence-electron chi connectivity index (χ4n) is 4.80. The molecule has 1 fully saturated rings. The van der Waals surface area contributed by atoms with Crippen LogP contribution in [0, 0.1) is 11.3 Å². The Hall–Kier alpha value is -4.46. The molecule has 0 saturated heterocycles. The molecule has 196 valence electrons. The Morgan fingerprint density at radius 2 is 1.92 bits per heavy atom. The second kappa shape index (κ2) is 10.1. The van der Waals surface area contributed by atoms with Crippen LogP contribution < -0.4 is 10.6 Å². The predicted octanol–water partition coefficient (Wildman–Crippen LogP) is 4.58. The van der Waals surface area contributed by atoms with Crippen LogP contribution in [0.4, 0.5) is 10.5 Å². The van der Waals surface area contributed by atoms with E-state index in [9.17, 15) is 4.79 Å². The Morgan fingerprint density at radius 3 is 2.63 bits per heavy atom. The number of nitriles is 1. The van der Waals surface area contributed by atoms with Gasteiger partial charge in [0.2, 0.25) is 0 Å². The lowest BCUT2D eigenvalue weighted by atomic mass is 9.91. The molecule has 4 aromatic heterocycles. The molecule has 0 atom stereocenters. The van der Waals surface area contributed by atoms with Crippen molar-refractivity contribution in [3.05, 3.63) is 48.4 Å². The van der Waals surface area contributed by atoms with E-state index in [2.05, 4.69) is 37.1 Å². The number of amides is 1. The number of hydrogen-bond acceptors (Lipinski definition) is 8. The normalized spacial score (nSPS) is 17.7. The summed E-state index contributed by atoms with van der Waals surface area (Å²) < 4.78 is 9.07. The first-order valence-corrected chi connectivity index (χ1v) is 12.7. The quantitative estimate of drug-likeness (QED) is 0.396. The van der Waals surface area contributed by atoms with Gasteiger partial charge < -0.3 is 15.4 Å². The van der Waals surface area contributed by atoms with E-state index >= 15 is 0 Å². The highest BCUT2D eigenvalue weighted by molar-refractivity contribution is 5.78. The molecule has 11 nitrogen and oxygen atoms in total. The van der Waals surface area contributed by atoms with Crippen LogP contribution >= 0.6 is 0 Å². The van der Waals surface area contributed by atoms with Crippen LogP contribution in [-0.2, 0) is 4.74 Å². The molecule has 2 N–H and O–H groups in total. The van der Waals surface area contributed by atoms with Crippen LogP contribution in [0.5, 0.6) is 0 Å². The van der Waals surface area contributed by atoms with Gasteiger partial charge in [0.15, 0.2) is 0 Å². The van der Waals surface area contributed by atoms with Gasteiger partial charge in [-0.1, -0.05) is 5.21 Å². The summed E-state index contributed by atoms with van der Waals surface area (Å²) in [7, 11) is 1.86. The molecule has 0 radical (unpaired) electrons. The van der Waals surface area contributed by atoms with Crippen molar-refractivity contribution in [2.75, 3.05) is 12.4 Å². The number of ether oxygens (including phenoxy) is 1. The van der Waals surface area contributed by atoms with Crippen LogP contribution in [0.25, 0.3) is 28.2 Å². The lowest BCUT2D eigenvalue weighted by Gasteiger charge is -2.29. The van der Waals surface area contributed by atoms with Gasteiger partial charge in [0, 0.05) is 30.5 Å². The minimum atomic E-state index is -0.507. The van der Waals surface area contributed by atoms with Crippen molar-refractivity contribution in [3.8, 4) is 28.7 Å². The van der Waals surface area contributed by atoms with Gasteiger partial charge in [-0.05, 0) is 70.7 Å². The highest BCUT2D eigenvalue weighted by Crippen LogP contribution is 2.33. The van der Waals surface area contributed by atoms with E-state index in [0.29, 0.717) is 5.56 Å². The van der Waals surface area contributed by atoms with Crippen molar-refractivity contribution in [2.45, 2.75) is 64.1 Å². The van der Waals surface area contributed by atoms with E-state index in [-0.39, 0.29) is 18.2 Å². The van der Waals surface area contributed by atoms with E-state index in [4.69, 9.17) is 10.00 Å². The number of nitrogens with one attached hydrogen (secondary N) is 2. The predicted molar refractivity (Wildman–Crippen MR) is 142 cm³/mol. The third kappa shape index (κ3) is 5.29. The molecule has 0 unspecified atom stereocenters. The van der Waals surface area contributed by atoms with Crippen molar-refractivity contribution in [1.82, 2.24) is 34.9 Å². The molecule has 4 heterocycles. The Kier molecular flexibility index (Phi) is 6.72. The topological polar surface area (TPSA) is 135 Å². The van der Waals surface area contributed by atoms with Gasteiger partial charge in [0.25, 0.3) is 0 Å². The number of hydrogen-bond donors (Lipinski definition) is 2. The van der Waals surface area contributed by atoms with Gasteiger partial charge in [-0.15, -0.1) is 5.10 Å². The van der Waals surface area contributed by atoms with Crippen LogP contribution in [-0.4, -0.2) is 54.4 Å². The maximum Gasteiger partial charge on any atom is 0.407 e.